The third kappa shape index (κ3) is 4.15. The molecule has 0 aliphatic carbocycles. The van der Waals surface area contributed by atoms with Gasteiger partial charge in [0.25, 0.3) is 5.91 Å². The summed E-state index contributed by atoms with van der Waals surface area (Å²) in [5, 5.41) is 3.12. The Hall–Kier alpha value is -1.35. The molecule has 1 amide bonds. The Balaban J connectivity index is 2.84. The van der Waals surface area contributed by atoms with Crippen molar-refractivity contribution in [1.29, 1.82) is 0 Å². The Morgan fingerprint density at radius 3 is 2.61 bits per heavy atom. The van der Waals surface area contributed by atoms with Crippen LogP contribution in [0.15, 0.2) is 24.3 Å². The lowest BCUT2D eigenvalue weighted by molar-refractivity contribution is 0.0778. The summed E-state index contributed by atoms with van der Waals surface area (Å²) < 4.78 is 0. The van der Waals surface area contributed by atoms with Crippen molar-refractivity contribution in [3.05, 3.63) is 35.4 Å². The highest BCUT2D eigenvalue weighted by atomic mass is 16.2. The molecule has 0 atom stereocenters. The normalized spacial score (nSPS) is 10.7. The second kappa shape index (κ2) is 7.17. The van der Waals surface area contributed by atoms with Gasteiger partial charge in [-0.2, -0.15) is 0 Å². The van der Waals surface area contributed by atoms with Crippen molar-refractivity contribution in [2.24, 2.45) is 5.92 Å². The van der Waals surface area contributed by atoms with E-state index >= 15 is 0 Å². The maximum Gasteiger partial charge on any atom is 0.253 e. The van der Waals surface area contributed by atoms with Gasteiger partial charge in [-0.3, -0.25) is 4.79 Å². The molecule has 0 saturated heterocycles. The first kappa shape index (κ1) is 14.7. The van der Waals surface area contributed by atoms with E-state index in [2.05, 4.69) is 19.2 Å². The van der Waals surface area contributed by atoms with Crippen molar-refractivity contribution in [3.63, 3.8) is 0 Å². The van der Waals surface area contributed by atoms with Gasteiger partial charge >= 0.3 is 0 Å². The van der Waals surface area contributed by atoms with Crippen molar-refractivity contribution in [2.75, 3.05) is 27.2 Å². The quantitative estimate of drug-likeness (QED) is 0.837. The van der Waals surface area contributed by atoms with Crippen LogP contribution in [0.3, 0.4) is 0 Å². The fourth-order valence-electron chi connectivity index (χ4n) is 2.04. The first-order valence-electron chi connectivity index (χ1n) is 6.54. The number of nitrogens with one attached hydrogen (secondary N) is 1. The van der Waals surface area contributed by atoms with Crippen LogP contribution in [0.2, 0.25) is 0 Å². The lowest BCUT2D eigenvalue weighted by Crippen LogP contribution is -2.31. The van der Waals surface area contributed by atoms with E-state index in [4.69, 9.17) is 0 Å². The number of carbonyl (C=O) groups is 1. The van der Waals surface area contributed by atoms with E-state index in [1.54, 1.807) is 0 Å². The summed E-state index contributed by atoms with van der Waals surface area (Å²) in [5.41, 5.74) is 1.95. The standard InChI is InChI=1S/C15H24N2O/c1-12(2)11-17(4)15(18)14-8-6-5-7-13(14)9-10-16-3/h5-8,12,16H,9-11H2,1-4H3. The molecule has 0 fully saturated rings. The van der Waals surface area contributed by atoms with Gasteiger partial charge in [0.05, 0.1) is 0 Å². The number of nitrogens with zero attached hydrogens (tertiary/aromatic N) is 1. The molecule has 1 aromatic carbocycles. The summed E-state index contributed by atoms with van der Waals surface area (Å²) in [4.78, 5) is 14.2. The van der Waals surface area contributed by atoms with Crippen LogP contribution >= 0.6 is 0 Å². The van der Waals surface area contributed by atoms with Gasteiger partial charge in [-0.1, -0.05) is 32.0 Å². The van der Waals surface area contributed by atoms with E-state index in [0.717, 1.165) is 30.6 Å². The molecule has 3 heteroatoms. The van der Waals surface area contributed by atoms with Crippen LogP contribution in [0.1, 0.15) is 29.8 Å². The van der Waals surface area contributed by atoms with E-state index in [0.29, 0.717) is 5.92 Å². The first-order chi connectivity index (χ1) is 8.56. The summed E-state index contributed by atoms with van der Waals surface area (Å²) in [7, 11) is 3.80. The number of hydrogen-bond donors (Lipinski definition) is 1. The van der Waals surface area contributed by atoms with Crippen LogP contribution in [0.5, 0.6) is 0 Å². The topological polar surface area (TPSA) is 32.3 Å². The Kier molecular flexibility index (Phi) is 5.86. The lowest BCUT2D eigenvalue weighted by Gasteiger charge is -2.21. The molecular formula is C15H24N2O. The maximum absolute atomic E-state index is 12.4. The highest BCUT2D eigenvalue weighted by Gasteiger charge is 2.15. The summed E-state index contributed by atoms with van der Waals surface area (Å²) in [5.74, 6) is 0.610. The maximum atomic E-state index is 12.4. The number of likely N-dealkylation sites (N-methyl/N-ethyl adjacent to an activating group) is 1. The molecule has 100 valence electrons. The molecule has 0 saturated carbocycles. The third-order valence-electron chi connectivity index (χ3n) is 2.88. The Morgan fingerprint density at radius 1 is 1.33 bits per heavy atom. The van der Waals surface area contributed by atoms with E-state index in [1.807, 2.05) is 43.3 Å². The Morgan fingerprint density at radius 2 is 2.00 bits per heavy atom. The predicted octanol–water partition coefficient (Wildman–Crippen LogP) is 2.18. The van der Waals surface area contributed by atoms with Crippen LogP contribution in [0.25, 0.3) is 0 Å². The minimum absolute atomic E-state index is 0.121. The van der Waals surface area contributed by atoms with Gasteiger partial charge in [-0.05, 0) is 37.6 Å². The van der Waals surface area contributed by atoms with E-state index in [1.165, 1.54) is 0 Å². The van der Waals surface area contributed by atoms with Gasteiger partial charge in [0, 0.05) is 19.2 Å². The summed E-state index contributed by atoms with van der Waals surface area (Å²) in [6.07, 6.45) is 0.883. The Bertz CT molecular complexity index is 388. The third-order valence-corrected chi connectivity index (χ3v) is 2.88. The molecule has 0 aliphatic rings. The van der Waals surface area contributed by atoms with Gasteiger partial charge in [-0.25, -0.2) is 0 Å². The fourth-order valence-corrected chi connectivity index (χ4v) is 2.04. The average molecular weight is 248 g/mol. The zero-order valence-electron chi connectivity index (χ0n) is 11.9. The molecule has 0 aliphatic heterocycles. The van der Waals surface area contributed by atoms with Gasteiger partial charge < -0.3 is 10.2 Å². The number of benzene rings is 1. The van der Waals surface area contributed by atoms with Crippen LogP contribution in [0, 0.1) is 5.92 Å². The molecule has 3 nitrogen and oxygen atoms in total. The van der Waals surface area contributed by atoms with Gasteiger partial charge in [0.2, 0.25) is 0 Å². The van der Waals surface area contributed by atoms with Crippen molar-refractivity contribution in [1.82, 2.24) is 10.2 Å². The minimum atomic E-state index is 0.121. The predicted molar refractivity (Wildman–Crippen MR) is 75.9 cm³/mol. The largest absolute Gasteiger partial charge is 0.341 e. The van der Waals surface area contributed by atoms with Crippen LogP contribution in [-0.2, 0) is 6.42 Å². The summed E-state index contributed by atoms with van der Waals surface area (Å²) >= 11 is 0. The highest BCUT2D eigenvalue weighted by molar-refractivity contribution is 5.95. The fraction of sp³-hybridized carbons (Fsp3) is 0.533. The van der Waals surface area contributed by atoms with Crippen molar-refractivity contribution >= 4 is 5.91 Å². The number of hydrogen-bond acceptors (Lipinski definition) is 2. The highest BCUT2D eigenvalue weighted by Crippen LogP contribution is 2.12. The van der Waals surface area contributed by atoms with Gasteiger partial charge in [0.1, 0.15) is 0 Å². The van der Waals surface area contributed by atoms with Crippen molar-refractivity contribution in [3.8, 4) is 0 Å². The second-order valence-corrected chi connectivity index (χ2v) is 5.09. The molecule has 0 unspecified atom stereocenters. The molecule has 0 radical (unpaired) electrons. The van der Waals surface area contributed by atoms with E-state index in [9.17, 15) is 4.79 Å². The summed E-state index contributed by atoms with van der Waals surface area (Å²) in [6, 6.07) is 7.88. The number of carbonyl (C=O) groups excluding carboxylic acids is 1. The molecular weight excluding hydrogens is 224 g/mol. The van der Waals surface area contributed by atoms with Crippen molar-refractivity contribution in [2.45, 2.75) is 20.3 Å². The van der Waals surface area contributed by atoms with E-state index in [-0.39, 0.29) is 5.91 Å². The molecule has 18 heavy (non-hydrogen) atoms. The van der Waals surface area contributed by atoms with E-state index < -0.39 is 0 Å². The first-order valence-corrected chi connectivity index (χ1v) is 6.54. The van der Waals surface area contributed by atoms with Gasteiger partial charge in [-0.15, -0.1) is 0 Å². The zero-order chi connectivity index (χ0) is 13.5. The van der Waals surface area contributed by atoms with Crippen LogP contribution in [-0.4, -0.2) is 38.0 Å². The van der Waals surface area contributed by atoms with Crippen LogP contribution in [0.4, 0.5) is 0 Å². The molecule has 1 rings (SSSR count). The molecule has 1 N–H and O–H groups in total. The smallest absolute Gasteiger partial charge is 0.253 e. The number of rotatable bonds is 6. The average Bonchev–Trinajstić information content (AvgIpc) is 2.35. The zero-order valence-corrected chi connectivity index (χ0v) is 11.9. The number of amides is 1. The molecule has 0 bridgehead atoms. The monoisotopic (exact) mass is 248 g/mol. The van der Waals surface area contributed by atoms with Gasteiger partial charge in [0.15, 0.2) is 0 Å². The Labute approximate surface area is 110 Å². The van der Waals surface area contributed by atoms with Crippen LogP contribution < -0.4 is 5.32 Å². The SMILES string of the molecule is CNCCc1ccccc1C(=O)N(C)CC(C)C. The van der Waals surface area contributed by atoms with Crippen molar-refractivity contribution < 1.29 is 4.79 Å². The molecule has 0 spiro atoms. The molecule has 1 aromatic rings. The second-order valence-electron chi connectivity index (χ2n) is 5.09. The lowest BCUT2D eigenvalue weighted by atomic mass is 10.0. The minimum Gasteiger partial charge on any atom is -0.341 e. The molecule has 0 aromatic heterocycles. The summed E-state index contributed by atoms with van der Waals surface area (Å²) in [6.45, 7) is 5.92. The molecule has 0 heterocycles.